The summed E-state index contributed by atoms with van der Waals surface area (Å²) in [6, 6.07) is 2.15. The molecule has 100 valence electrons. The first kappa shape index (κ1) is 13.8. The molecule has 0 aromatic heterocycles. The van der Waals surface area contributed by atoms with Crippen molar-refractivity contribution in [2.75, 3.05) is 12.3 Å². The third-order valence-corrected chi connectivity index (χ3v) is 5.85. The van der Waals surface area contributed by atoms with Crippen LogP contribution in [0.1, 0.15) is 19.8 Å². The Hall–Kier alpha value is -0.660. The van der Waals surface area contributed by atoms with E-state index in [-0.39, 0.29) is 16.6 Å². The van der Waals surface area contributed by atoms with E-state index in [0.29, 0.717) is 11.0 Å². The highest BCUT2D eigenvalue weighted by molar-refractivity contribution is 9.10. The highest BCUT2D eigenvalue weighted by Crippen LogP contribution is 2.31. The molecule has 0 radical (unpaired) electrons. The Morgan fingerprint density at radius 2 is 2.17 bits per heavy atom. The fourth-order valence-corrected chi connectivity index (χ4v) is 4.23. The second-order valence-corrected chi connectivity index (χ2v) is 7.12. The van der Waals surface area contributed by atoms with Crippen molar-refractivity contribution < 1.29 is 12.8 Å². The lowest BCUT2D eigenvalue weighted by Gasteiger charge is -2.21. The molecular formula is C11H14BrFN2O2S. The van der Waals surface area contributed by atoms with Crippen molar-refractivity contribution in [2.45, 2.75) is 30.7 Å². The molecule has 4 nitrogen and oxygen atoms in total. The van der Waals surface area contributed by atoms with E-state index in [1.165, 1.54) is 10.4 Å². The van der Waals surface area contributed by atoms with Gasteiger partial charge in [-0.15, -0.1) is 0 Å². The van der Waals surface area contributed by atoms with Crippen LogP contribution in [0.4, 0.5) is 10.1 Å². The van der Waals surface area contributed by atoms with Gasteiger partial charge < -0.3 is 5.73 Å². The van der Waals surface area contributed by atoms with E-state index in [9.17, 15) is 12.8 Å². The molecule has 7 heteroatoms. The zero-order chi connectivity index (χ0) is 13.5. The molecule has 0 bridgehead atoms. The van der Waals surface area contributed by atoms with Crippen LogP contribution in [-0.4, -0.2) is 25.3 Å². The van der Waals surface area contributed by atoms with Crippen LogP contribution in [0.15, 0.2) is 21.5 Å². The van der Waals surface area contributed by atoms with Gasteiger partial charge in [-0.2, -0.15) is 4.31 Å². The molecule has 2 N–H and O–H groups in total. The number of benzene rings is 1. The van der Waals surface area contributed by atoms with Crippen LogP contribution in [-0.2, 0) is 10.0 Å². The number of nitrogens with zero attached hydrogens (tertiary/aromatic N) is 1. The lowest BCUT2D eigenvalue weighted by Crippen LogP contribution is -2.34. The molecule has 2 rings (SSSR count). The first-order valence-corrected chi connectivity index (χ1v) is 7.83. The van der Waals surface area contributed by atoms with Gasteiger partial charge >= 0.3 is 0 Å². The van der Waals surface area contributed by atoms with Gasteiger partial charge in [-0.25, -0.2) is 12.8 Å². The van der Waals surface area contributed by atoms with Crippen LogP contribution in [0.3, 0.4) is 0 Å². The largest absolute Gasteiger partial charge is 0.398 e. The maximum absolute atomic E-state index is 13.8. The molecule has 1 fully saturated rings. The second-order valence-electron chi connectivity index (χ2n) is 4.41. The third-order valence-electron chi connectivity index (χ3n) is 3.13. The molecule has 1 aliphatic rings. The molecule has 0 amide bonds. The molecule has 0 aliphatic carbocycles. The minimum atomic E-state index is -3.80. The lowest BCUT2D eigenvalue weighted by atomic mass is 10.3. The Bertz CT molecular complexity index is 577. The average molecular weight is 337 g/mol. The zero-order valence-electron chi connectivity index (χ0n) is 9.86. The predicted molar refractivity (Wildman–Crippen MR) is 71.1 cm³/mol. The molecule has 1 unspecified atom stereocenters. The number of nitrogens with two attached hydrogens (primary N) is 1. The summed E-state index contributed by atoms with van der Waals surface area (Å²) in [5.41, 5.74) is 5.83. The van der Waals surface area contributed by atoms with Gasteiger partial charge in [0.2, 0.25) is 10.0 Å². The maximum Gasteiger partial charge on any atom is 0.246 e. The molecule has 18 heavy (non-hydrogen) atoms. The van der Waals surface area contributed by atoms with E-state index in [1.54, 1.807) is 0 Å². The van der Waals surface area contributed by atoms with E-state index >= 15 is 0 Å². The number of sulfonamides is 1. The molecule has 1 aliphatic heterocycles. The average Bonchev–Trinajstić information content (AvgIpc) is 2.70. The number of nitrogen functional groups attached to an aromatic ring is 1. The zero-order valence-corrected chi connectivity index (χ0v) is 12.3. The summed E-state index contributed by atoms with van der Waals surface area (Å²) in [6.45, 7) is 2.25. The molecule has 0 saturated carbocycles. The van der Waals surface area contributed by atoms with Gasteiger partial charge in [0, 0.05) is 22.7 Å². The van der Waals surface area contributed by atoms with Crippen molar-refractivity contribution in [3.63, 3.8) is 0 Å². The van der Waals surface area contributed by atoms with Crippen molar-refractivity contribution in [3.8, 4) is 0 Å². The summed E-state index contributed by atoms with van der Waals surface area (Å²) >= 11 is 3.07. The van der Waals surface area contributed by atoms with Gasteiger partial charge in [0.15, 0.2) is 0 Å². The highest BCUT2D eigenvalue weighted by Gasteiger charge is 2.34. The Kier molecular flexibility index (Phi) is 3.66. The molecule has 1 heterocycles. The van der Waals surface area contributed by atoms with Crippen molar-refractivity contribution in [1.29, 1.82) is 0 Å². The van der Waals surface area contributed by atoms with Crippen LogP contribution >= 0.6 is 15.9 Å². The summed E-state index contributed by atoms with van der Waals surface area (Å²) in [6.07, 6.45) is 1.60. The van der Waals surface area contributed by atoms with E-state index in [0.717, 1.165) is 18.9 Å². The number of hydrogen-bond acceptors (Lipinski definition) is 3. The molecular weight excluding hydrogens is 323 g/mol. The SMILES string of the molecule is CC1CCCN1S(=O)(=O)c1cc(N)c(Br)cc1F. The summed E-state index contributed by atoms with van der Waals surface area (Å²) in [5.74, 6) is -0.782. The number of hydrogen-bond donors (Lipinski definition) is 1. The normalized spacial score (nSPS) is 21.4. The lowest BCUT2D eigenvalue weighted by molar-refractivity contribution is 0.405. The summed E-state index contributed by atoms with van der Waals surface area (Å²) < 4.78 is 40.2. The maximum atomic E-state index is 13.8. The number of halogens is 2. The van der Waals surface area contributed by atoms with E-state index < -0.39 is 15.8 Å². The van der Waals surface area contributed by atoms with Crippen LogP contribution in [0.2, 0.25) is 0 Å². The van der Waals surface area contributed by atoms with Crippen LogP contribution < -0.4 is 5.73 Å². The highest BCUT2D eigenvalue weighted by atomic mass is 79.9. The monoisotopic (exact) mass is 336 g/mol. The first-order chi connectivity index (χ1) is 8.34. The molecule has 1 saturated heterocycles. The van der Waals surface area contributed by atoms with Crippen LogP contribution in [0, 0.1) is 5.82 Å². The van der Waals surface area contributed by atoms with Gasteiger partial charge in [-0.1, -0.05) is 0 Å². The Morgan fingerprint density at radius 1 is 1.50 bits per heavy atom. The van der Waals surface area contributed by atoms with Gasteiger partial charge in [0.25, 0.3) is 0 Å². The third kappa shape index (κ3) is 2.26. The quantitative estimate of drug-likeness (QED) is 0.843. The Balaban J connectivity index is 2.51. The van der Waals surface area contributed by atoms with Crippen molar-refractivity contribution in [3.05, 3.63) is 22.4 Å². The summed E-state index contributed by atoms with van der Waals surface area (Å²) in [7, 11) is -3.80. The van der Waals surface area contributed by atoms with Gasteiger partial charge in [-0.3, -0.25) is 0 Å². The number of rotatable bonds is 2. The Morgan fingerprint density at radius 3 is 2.72 bits per heavy atom. The Labute approximate surface area is 114 Å². The van der Waals surface area contributed by atoms with Gasteiger partial charge in [-0.05, 0) is 47.8 Å². The molecule has 1 aromatic carbocycles. The topological polar surface area (TPSA) is 63.4 Å². The minimum Gasteiger partial charge on any atom is -0.398 e. The van der Waals surface area contributed by atoms with E-state index in [1.807, 2.05) is 6.92 Å². The summed E-state index contributed by atoms with van der Waals surface area (Å²) in [4.78, 5) is -0.350. The van der Waals surface area contributed by atoms with Crippen LogP contribution in [0.5, 0.6) is 0 Å². The smallest absolute Gasteiger partial charge is 0.246 e. The van der Waals surface area contributed by atoms with Gasteiger partial charge in [0.05, 0.1) is 0 Å². The fraction of sp³-hybridized carbons (Fsp3) is 0.455. The summed E-state index contributed by atoms with van der Waals surface area (Å²) in [5, 5.41) is 0. The molecule has 1 atom stereocenters. The predicted octanol–water partition coefficient (Wildman–Crippen LogP) is 2.34. The fourth-order valence-electron chi connectivity index (χ4n) is 2.13. The first-order valence-electron chi connectivity index (χ1n) is 5.60. The van der Waals surface area contributed by atoms with Gasteiger partial charge in [0.1, 0.15) is 10.7 Å². The van der Waals surface area contributed by atoms with E-state index in [2.05, 4.69) is 15.9 Å². The van der Waals surface area contributed by atoms with Crippen molar-refractivity contribution in [1.82, 2.24) is 4.31 Å². The molecule has 1 aromatic rings. The second kappa shape index (κ2) is 4.79. The van der Waals surface area contributed by atoms with E-state index in [4.69, 9.17) is 5.73 Å². The van der Waals surface area contributed by atoms with Crippen molar-refractivity contribution >= 4 is 31.6 Å². The van der Waals surface area contributed by atoms with Crippen molar-refractivity contribution in [2.24, 2.45) is 0 Å². The minimum absolute atomic E-state index is 0.0979. The van der Waals surface area contributed by atoms with Crippen LogP contribution in [0.25, 0.3) is 0 Å². The standard InChI is InChI=1S/C11H14BrFN2O2S/c1-7-3-2-4-15(7)18(16,17)11-6-10(14)8(12)5-9(11)13/h5-7H,2-4,14H2,1H3. The number of anilines is 1. The molecule has 0 spiro atoms.